The van der Waals surface area contributed by atoms with Gasteiger partial charge in [0.1, 0.15) is 5.75 Å². The highest BCUT2D eigenvalue weighted by atomic mass is 16.5. The number of nitrogens with one attached hydrogen (secondary N) is 1. The van der Waals surface area contributed by atoms with E-state index in [4.69, 9.17) is 10.6 Å². The molecule has 0 heterocycles. The maximum absolute atomic E-state index is 5.82. The van der Waals surface area contributed by atoms with Gasteiger partial charge in [-0.1, -0.05) is 38.3 Å². The molecular formula is C16H26N2O. The van der Waals surface area contributed by atoms with Gasteiger partial charge >= 0.3 is 0 Å². The standard InChI is InChI=1S/C16H26N2O/c1-3-12-6-4-7-13(10-12)16(18-17)14-8-5-9-15(11-14)19-2/h5,8-9,11-13,16,18H,3-4,6-7,10,17H2,1-2H3. The van der Waals surface area contributed by atoms with Gasteiger partial charge in [0.15, 0.2) is 0 Å². The number of rotatable bonds is 5. The Morgan fingerprint density at radius 3 is 2.95 bits per heavy atom. The van der Waals surface area contributed by atoms with Crippen LogP contribution in [0.4, 0.5) is 0 Å². The molecule has 0 spiro atoms. The van der Waals surface area contributed by atoms with E-state index in [1.165, 1.54) is 37.7 Å². The predicted octanol–water partition coefficient (Wildman–Crippen LogP) is 3.42. The molecule has 1 aromatic carbocycles. The number of nitrogens with two attached hydrogens (primary N) is 1. The lowest BCUT2D eigenvalue weighted by atomic mass is 9.75. The number of hydrogen-bond acceptors (Lipinski definition) is 3. The number of ether oxygens (including phenoxy) is 1. The Morgan fingerprint density at radius 2 is 2.26 bits per heavy atom. The molecule has 0 aliphatic heterocycles. The zero-order valence-corrected chi connectivity index (χ0v) is 12.1. The summed E-state index contributed by atoms with van der Waals surface area (Å²) in [6.45, 7) is 2.30. The van der Waals surface area contributed by atoms with E-state index in [1.807, 2.05) is 12.1 Å². The SMILES string of the molecule is CCC1CCCC(C(NN)c2cccc(OC)c2)C1. The number of hydrogen-bond donors (Lipinski definition) is 2. The smallest absolute Gasteiger partial charge is 0.119 e. The summed E-state index contributed by atoms with van der Waals surface area (Å²) in [6.07, 6.45) is 6.53. The molecule has 3 N–H and O–H groups in total. The van der Waals surface area contributed by atoms with E-state index in [1.54, 1.807) is 7.11 Å². The first-order valence-electron chi connectivity index (χ1n) is 7.38. The van der Waals surface area contributed by atoms with Gasteiger partial charge in [-0.3, -0.25) is 11.3 Å². The molecule has 1 fully saturated rings. The Kier molecular flexibility index (Phi) is 5.23. The summed E-state index contributed by atoms with van der Waals surface area (Å²) < 4.78 is 5.31. The molecule has 0 amide bonds. The monoisotopic (exact) mass is 262 g/mol. The van der Waals surface area contributed by atoms with Crippen molar-refractivity contribution in [3.05, 3.63) is 29.8 Å². The lowest BCUT2D eigenvalue weighted by Gasteiger charge is -2.34. The topological polar surface area (TPSA) is 47.3 Å². The highest BCUT2D eigenvalue weighted by Crippen LogP contribution is 2.38. The summed E-state index contributed by atoms with van der Waals surface area (Å²) in [5, 5.41) is 0. The van der Waals surface area contributed by atoms with E-state index in [9.17, 15) is 0 Å². The van der Waals surface area contributed by atoms with E-state index in [2.05, 4.69) is 24.5 Å². The van der Waals surface area contributed by atoms with Crippen molar-refractivity contribution in [2.24, 2.45) is 17.7 Å². The molecule has 106 valence electrons. The van der Waals surface area contributed by atoms with Crippen molar-refractivity contribution < 1.29 is 4.74 Å². The molecule has 2 rings (SSSR count). The highest BCUT2D eigenvalue weighted by molar-refractivity contribution is 5.30. The first kappa shape index (κ1) is 14.4. The summed E-state index contributed by atoms with van der Waals surface area (Å²) in [5.41, 5.74) is 4.27. The van der Waals surface area contributed by atoms with Crippen LogP contribution in [0.5, 0.6) is 5.75 Å². The Balaban J connectivity index is 2.13. The fourth-order valence-corrected chi connectivity index (χ4v) is 3.35. The fourth-order valence-electron chi connectivity index (χ4n) is 3.35. The minimum atomic E-state index is 0.240. The van der Waals surface area contributed by atoms with Crippen molar-refractivity contribution >= 4 is 0 Å². The quantitative estimate of drug-likeness (QED) is 0.631. The Labute approximate surface area is 116 Å². The summed E-state index contributed by atoms with van der Waals surface area (Å²) in [6, 6.07) is 8.50. The second-order valence-corrected chi connectivity index (χ2v) is 5.62. The van der Waals surface area contributed by atoms with E-state index in [-0.39, 0.29) is 6.04 Å². The van der Waals surface area contributed by atoms with Gasteiger partial charge in [0.25, 0.3) is 0 Å². The maximum atomic E-state index is 5.82. The van der Waals surface area contributed by atoms with E-state index >= 15 is 0 Å². The molecule has 3 unspecified atom stereocenters. The molecule has 3 heteroatoms. The van der Waals surface area contributed by atoms with E-state index in [0.717, 1.165) is 11.7 Å². The molecule has 3 atom stereocenters. The first-order chi connectivity index (χ1) is 9.28. The third-order valence-electron chi connectivity index (χ3n) is 4.50. The molecule has 1 aliphatic carbocycles. The van der Waals surface area contributed by atoms with Crippen molar-refractivity contribution in [1.29, 1.82) is 0 Å². The van der Waals surface area contributed by atoms with Crippen molar-refractivity contribution in [2.75, 3.05) is 7.11 Å². The van der Waals surface area contributed by atoms with Crippen LogP contribution < -0.4 is 16.0 Å². The average Bonchev–Trinajstić information content (AvgIpc) is 2.48. The molecule has 3 nitrogen and oxygen atoms in total. The molecule has 1 aliphatic rings. The zero-order valence-electron chi connectivity index (χ0n) is 12.1. The second-order valence-electron chi connectivity index (χ2n) is 5.62. The van der Waals surface area contributed by atoms with Crippen molar-refractivity contribution in [3.63, 3.8) is 0 Å². The van der Waals surface area contributed by atoms with Crippen LogP contribution in [0.1, 0.15) is 50.6 Å². The number of methoxy groups -OCH3 is 1. The van der Waals surface area contributed by atoms with Crippen LogP contribution in [-0.4, -0.2) is 7.11 Å². The molecule has 0 saturated heterocycles. The van der Waals surface area contributed by atoms with Gasteiger partial charge in [-0.15, -0.1) is 0 Å². The predicted molar refractivity (Wildman–Crippen MR) is 78.8 cm³/mol. The second kappa shape index (κ2) is 6.92. The maximum Gasteiger partial charge on any atom is 0.119 e. The molecule has 1 saturated carbocycles. The van der Waals surface area contributed by atoms with Crippen molar-refractivity contribution in [2.45, 2.75) is 45.1 Å². The van der Waals surface area contributed by atoms with Crippen LogP contribution in [0, 0.1) is 11.8 Å². The lowest BCUT2D eigenvalue weighted by molar-refractivity contribution is 0.210. The Hall–Kier alpha value is -1.06. The lowest BCUT2D eigenvalue weighted by Crippen LogP contribution is -2.35. The van der Waals surface area contributed by atoms with E-state index in [0.29, 0.717) is 5.92 Å². The van der Waals surface area contributed by atoms with Crippen LogP contribution in [0.2, 0.25) is 0 Å². The van der Waals surface area contributed by atoms with Crippen LogP contribution in [0.15, 0.2) is 24.3 Å². The number of benzene rings is 1. The third-order valence-corrected chi connectivity index (χ3v) is 4.50. The minimum absolute atomic E-state index is 0.240. The number of hydrazine groups is 1. The van der Waals surface area contributed by atoms with Gasteiger partial charge in [-0.05, 0) is 42.4 Å². The van der Waals surface area contributed by atoms with Crippen LogP contribution in [0.25, 0.3) is 0 Å². The van der Waals surface area contributed by atoms with Crippen LogP contribution >= 0.6 is 0 Å². The van der Waals surface area contributed by atoms with Gasteiger partial charge in [-0.2, -0.15) is 0 Å². The largest absolute Gasteiger partial charge is 0.497 e. The Bertz CT molecular complexity index is 394. The normalized spacial score (nSPS) is 25.0. The van der Waals surface area contributed by atoms with Gasteiger partial charge in [0.05, 0.1) is 7.11 Å². The third kappa shape index (κ3) is 3.48. The van der Waals surface area contributed by atoms with Crippen LogP contribution in [0.3, 0.4) is 0 Å². The summed E-state index contributed by atoms with van der Waals surface area (Å²) in [7, 11) is 1.71. The molecule has 0 bridgehead atoms. The first-order valence-corrected chi connectivity index (χ1v) is 7.38. The van der Waals surface area contributed by atoms with Gasteiger partial charge < -0.3 is 4.74 Å². The molecule has 0 radical (unpaired) electrons. The van der Waals surface area contributed by atoms with E-state index < -0.39 is 0 Å². The molecular weight excluding hydrogens is 236 g/mol. The summed E-state index contributed by atoms with van der Waals surface area (Å²) >= 11 is 0. The van der Waals surface area contributed by atoms with Crippen molar-refractivity contribution in [1.82, 2.24) is 5.43 Å². The minimum Gasteiger partial charge on any atom is -0.497 e. The highest BCUT2D eigenvalue weighted by Gasteiger charge is 2.28. The summed E-state index contributed by atoms with van der Waals surface area (Å²) in [5.74, 6) is 8.22. The molecule has 0 aromatic heterocycles. The van der Waals surface area contributed by atoms with Crippen molar-refractivity contribution in [3.8, 4) is 5.75 Å². The van der Waals surface area contributed by atoms with Gasteiger partial charge in [0, 0.05) is 6.04 Å². The van der Waals surface area contributed by atoms with Gasteiger partial charge in [0.2, 0.25) is 0 Å². The van der Waals surface area contributed by atoms with Gasteiger partial charge in [-0.25, -0.2) is 0 Å². The fraction of sp³-hybridized carbons (Fsp3) is 0.625. The zero-order chi connectivity index (χ0) is 13.7. The average molecular weight is 262 g/mol. The molecule has 19 heavy (non-hydrogen) atoms. The Morgan fingerprint density at radius 1 is 1.42 bits per heavy atom. The summed E-state index contributed by atoms with van der Waals surface area (Å²) in [4.78, 5) is 0. The van der Waals surface area contributed by atoms with Crippen LogP contribution in [-0.2, 0) is 0 Å². The molecule has 1 aromatic rings.